The summed E-state index contributed by atoms with van der Waals surface area (Å²) in [4.78, 5) is 24.1. The maximum atomic E-state index is 12.3. The number of nitrogens with zero attached hydrogens (tertiary/aromatic N) is 2. The molecule has 0 aliphatic heterocycles. The number of para-hydroxylation sites is 1. The Morgan fingerprint density at radius 2 is 1.48 bits per heavy atom. The molecule has 0 fully saturated rings. The van der Waals surface area contributed by atoms with Crippen molar-refractivity contribution < 1.29 is 9.59 Å². The number of rotatable bonds is 3. The van der Waals surface area contributed by atoms with Gasteiger partial charge in [0.15, 0.2) is 11.6 Å². The number of aromatic nitrogens is 2. The van der Waals surface area contributed by atoms with Crippen LogP contribution in [0.25, 0.3) is 22.5 Å². The largest absolute Gasteiger partial charge is 0.290 e. The van der Waals surface area contributed by atoms with Gasteiger partial charge in [-0.1, -0.05) is 48.5 Å². The van der Waals surface area contributed by atoms with Crippen molar-refractivity contribution in [1.82, 2.24) is 9.78 Å². The molecule has 0 atom stereocenters. The lowest BCUT2D eigenvalue weighted by Crippen LogP contribution is -2.11. The van der Waals surface area contributed by atoms with Crippen molar-refractivity contribution in [3.8, 4) is 16.9 Å². The standard InChI is InChI=1S/C21H14N2O2/c24-17-11-12-21(25)18(13-17)20-14-19(15-7-3-1-4-8-15)22-23(20)16-9-5-2-6-10-16/h1-14H. The van der Waals surface area contributed by atoms with E-state index in [0.717, 1.165) is 16.9 Å². The van der Waals surface area contributed by atoms with Crippen LogP contribution in [0.2, 0.25) is 0 Å². The smallest absolute Gasteiger partial charge is 0.188 e. The number of benzene rings is 2. The Balaban J connectivity index is 1.92. The first-order valence-electron chi connectivity index (χ1n) is 7.92. The zero-order valence-corrected chi connectivity index (χ0v) is 13.3. The number of hydrogen-bond acceptors (Lipinski definition) is 3. The lowest BCUT2D eigenvalue weighted by Gasteiger charge is -2.10. The SMILES string of the molecule is O=C1C=CC(=O)C(c2cc(-c3ccccc3)nn2-c2ccccc2)=C1. The van der Waals surface area contributed by atoms with Crippen LogP contribution in [0.3, 0.4) is 0 Å². The normalized spacial score (nSPS) is 13.8. The van der Waals surface area contributed by atoms with Gasteiger partial charge in [-0.15, -0.1) is 0 Å². The van der Waals surface area contributed by atoms with Crippen LogP contribution in [-0.2, 0) is 9.59 Å². The van der Waals surface area contributed by atoms with Gasteiger partial charge in [-0.2, -0.15) is 5.10 Å². The van der Waals surface area contributed by atoms with Crippen LogP contribution in [0.15, 0.2) is 85.0 Å². The van der Waals surface area contributed by atoms with E-state index < -0.39 is 0 Å². The second-order valence-corrected chi connectivity index (χ2v) is 5.69. The van der Waals surface area contributed by atoms with Crippen molar-refractivity contribution in [3.63, 3.8) is 0 Å². The van der Waals surface area contributed by atoms with Crippen LogP contribution in [0, 0.1) is 0 Å². The fraction of sp³-hybridized carbons (Fsp3) is 0. The van der Waals surface area contributed by atoms with Gasteiger partial charge < -0.3 is 0 Å². The van der Waals surface area contributed by atoms with Crippen molar-refractivity contribution in [3.05, 3.63) is 90.7 Å². The van der Waals surface area contributed by atoms with Gasteiger partial charge in [-0.05, 0) is 36.4 Å². The molecule has 0 radical (unpaired) electrons. The number of allylic oxidation sites excluding steroid dienone is 4. The minimum Gasteiger partial charge on any atom is -0.290 e. The Bertz CT molecular complexity index is 1010. The molecular weight excluding hydrogens is 312 g/mol. The lowest BCUT2D eigenvalue weighted by atomic mass is 9.99. The van der Waals surface area contributed by atoms with Gasteiger partial charge >= 0.3 is 0 Å². The van der Waals surface area contributed by atoms with Gasteiger partial charge in [0, 0.05) is 5.56 Å². The molecule has 0 bridgehead atoms. The van der Waals surface area contributed by atoms with Crippen LogP contribution in [0.5, 0.6) is 0 Å². The average Bonchev–Trinajstić information content (AvgIpc) is 3.10. The van der Waals surface area contributed by atoms with Gasteiger partial charge in [0.25, 0.3) is 0 Å². The molecule has 3 aromatic rings. The van der Waals surface area contributed by atoms with Crippen molar-refractivity contribution in [2.75, 3.05) is 0 Å². The third kappa shape index (κ3) is 2.85. The van der Waals surface area contributed by atoms with E-state index in [1.165, 1.54) is 18.2 Å². The lowest BCUT2D eigenvalue weighted by molar-refractivity contribution is -0.113. The Labute approximate surface area is 144 Å². The van der Waals surface area contributed by atoms with Gasteiger partial charge in [0.1, 0.15) is 0 Å². The Morgan fingerprint density at radius 1 is 0.800 bits per heavy atom. The zero-order chi connectivity index (χ0) is 17.2. The molecule has 0 saturated heterocycles. The van der Waals surface area contributed by atoms with Gasteiger partial charge in [-0.3, -0.25) is 9.59 Å². The van der Waals surface area contributed by atoms with E-state index in [1.54, 1.807) is 4.68 Å². The summed E-state index contributed by atoms with van der Waals surface area (Å²) in [6.07, 6.45) is 3.96. The molecule has 25 heavy (non-hydrogen) atoms. The highest BCUT2D eigenvalue weighted by Gasteiger charge is 2.21. The van der Waals surface area contributed by atoms with Crippen LogP contribution in [0.1, 0.15) is 5.69 Å². The van der Waals surface area contributed by atoms with E-state index in [0.29, 0.717) is 11.3 Å². The first-order chi connectivity index (χ1) is 12.2. The molecule has 1 heterocycles. The fourth-order valence-corrected chi connectivity index (χ4v) is 2.80. The Kier molecular flexibility index (Phi) is 3.71. The van der Waals surface area contributed by atoms with Gasteiger partial charge in [0.2, 0.25) is 0 Å². The van der Waals surface area contributed by atoms with Crippen molar-refractivity contribution >= 4 is 17.1 Å². The van der Waals surface area contributed by atoms with E-state index in [1.807, 2.05) is 66.7 Å². The molecule has 1 aliphatic carbocycles. The first-order valence-corrected chi connectivity index (χ1v) is 7.92. The molecule has 4 heteroatoms. The summed E-state index contributed by atoms with van der Waals surface area (Å²) in [5, 5.41) is 4.67. The summed E-state index contributed by atoms with van der Waals surface area (Å²) in [5.41, 5.74) is 3.48. The second-order valence-electron chi connectivity index (χ2n) is 5.69. The van der Waals surface area contributed by atoms with Crippen LogP contribution in [0.4, 0.5) is 0 Å². The van der Waals surface area contributed by atoms with Gasteiger partial charge in [-0.25, -0.2) is 4.68 Å². The molecule has 0 amide bonds. The quantitative estimate of drug-likeness (QED) is 0.691. The van der Waals surface area contributed by atoms with Crippen molar-refractivity contribution in [2.45, 2.75) is 0 Å². The van der Waals surface area contributed by atoms with Crippen molar-refractivity contribution in [2.24, 2.45) is 0 Å². The molecule has 0 unspecified atom stereocenters. The minimum atomic E-state index is -0.198. The second kappa shape index (κ2) is 6.17. The molecular formula is C21H14N2O2. The summed E-state index contributed by atoms with van der Waals surface area (Å²) in [6.45, 7) is 0. The number of hydrogen-bond donors (Lipinski definition) is 0. The van der Waals surface area contributed by atoms with Crippen LogP contribution < -0.4 is 0 Å². The van der Waals surface area contributed by atoms with E-state index in [4.69, 9.17) is 0 Å². The summed E-state index contributed by atoms with van der Waals surface area (Å²) in [7, 11) is 0. The molecule has 4 rings (SSSR count). The molecule has 1 aromatic heterocycles. The molecule has 0 spiro atoms. The highest BCUT2D eigenvalue weighted by atomic mass is 16.1. The summed E-state index contributed by atoms with van der Waals surface area (Å²) >= 11 is 0. The predicted molar refractivity (Wildman–Crippen MR) is 96.1 cm³/mol. The summed E-state index contributed by atoms with van der Waals surface area (Å²) < 4.78 is 1.71. The number of ketones is 2. The first kappa shape index (κ1) is 15.0. The molecule has 120 valence electrons. The number of carbonyl (C=O) groups excluding carboxylic acids is 2. The van der Waals surface area contributed by atoms with Crippen LogP contribution in [-0.4, -0.2) is 21.3 Å². The highest BCUT2D eigenvalue weighted by Crippen LogP contribution is 2.27. The Hall–Kier alpha value is -3.53. The Morgan fingerprint density at radius 3 is 2.20 bits per heavy atom. The zero-order valence-electron chi connectivity index (χ0n) is 13.3. The molecule has 0 saturated carbocycles. The average molecular weight is 326 g/mol. The minimum absolute atomic E-state index is 0.198. The van der Waals surface area contributed by atoms with E-state index in [9.17, 15) is 9.59 Å². The van der Waals surface area contributed by atoms with E-state index >= 15 is 0 Å². The topological polar surface area (TPSA) is 52.0 Å². The number of carbonyl (C=O) groups is 2. The fourth-order valence-electron chi connectivity index (χ4n) is 2.80. The highest BCUT2D eigenvalue weighted by molar-refractivity contribution is 6.33. The molecule has 0 N–H and O–H groups in total. The maximum absolute atomic E-state index is 12.3. The van der Waals surface area contributed by atoms with Gasteiger partial charge in [0.05, 0.1) is 22.6 Å². The maximum Gasteiger partial charge on any atom is 0.188 e. The monoisotopic (exact) mass is 326 g/mol. The molecule has 2 aromatic carbocycles. The third-order valence-electron chi connectivity index (χ3n) is 4.01. The third-order valence-corrected chi connectivity index (χ3v) is 4.01. The molecule has 4 nitrogen and oxygen atoms in total. The summed E-state index contributed by atoms with van der Waals surface area (Å²) in [5.74, 6) is -0.395. The molecule has 1 aliphatic rings. The summed E-state index contributed by atoms with van der Waals surface area (Å²) in [6, 6.07) is 21.1. The van der Waals surface area contributed by atoms with E-state index in [2.05, 4.69) is 5.10 Å². The van der Waals surface area contributed by atoms with Crippen LogP contribution >= 0.6 is 0 Å². The van der Waals surface area contributed by atoms with Crippen molar-refractivity contribution in [1.29, 1.82) is 0 Å². The predicted octanol–water partition coefficient (Wildman–Crippen LogP) is 3.63. The van der Waals surface area contributed by atoms with E-state index in [-0.39, 0.29) is 11.6 Å².